The van der Waals surface area contributed by atoms with E-state index in [9.17, 15) is 0 Å². The maximum Gasteiger partial charge on any atom is 0.151 e. The first-order valence-corrected chi connectivity index (χ1v) is 21.1. The van der Waals surface area contributed by atoms with E-state index >= 15 is 0 Å². The van der Waals surface area contributed by atoms with E-state index in [-0.39, 0.29) is 0 Å². The van der Waals surface area contributed by atoms with Gasteiger partial charge in [0.1, 0.15) is 0 Å². The molecule has 11 aromatic carbocycles. The molecule has 0 unspecified atom stereocenters. The number of benzene rings is 11. The van der Waals surface area contributed by atoms with Crippen LogP contribution in [-0.4, -0.2) is 0 Å². The van der Waals surface area contributed by atoms with Crippen LogP contribution in [0, 0.1) is 0 Å². The molecule has 0 radical (unpaired) electrons. The molecule has 13 rings (SSSR count). The molecular formula is C58H36N2O2. The monoisotopic (exact) mass is 792 g/mol. The maximum absolute atomic E-state index is 6.61. The van der Waals surface area contributed by atoms with E-state index in [4.69, 9.17) is 9.47 Å². The van der Waals surface area contributed by atoms with Gasteiger partial charge in [-0.2, -0.15) is 0 Å². The maximum atomic E-state index is 6.61. The van der Waals surface area contributed by atoms with E-state index in [2.05, 4.69) is 204 Å². The van der Waals surface area contributed by atoms with Crippen molar-refractivity contribution in [2.75, 3.05) is 9.80 Å². The van der Waals surface area contributed by atoms with Crippen molar-refractivity contribution in [1.82, 2.24) is 0 Å². The minimum Gasteiger partial charge on any atom is -0.453 e. The number of hydrogen-bond donors (Lipinski definition) is 0. The third-order valence-electron chi connectivity index (χ3n) is 12.6. The first kappa shape index (κ1) is 34.5. The highest BCUT2D eigenvalue weighted by molar-refractivity contribution is 6.31. The lowest BCUT2D eigenvalue weighted by atomic mass is 9.82. The topological polar surface area (TPSA) is 24.9 Å². The fourth-order valence-corrected chi connectivity index (χ4v) is 10.0. The molecule has 4 heteroatoms. The Balaban J connectivity index is 1.27. The normalized spacial score (nSPS) is 12.7. The Kier molecular flexibility index (Phi) is 7.57. The van der Waals surface area contributed by atoms with Crippen molar-refractivity contribution < 1.29 is 9.47 Å². The van der Waals surface area contributed by atoms with Crippen molar-refractivity contribution in [1.29, 1.82) is 0 Å². The molecule has 11 aromatic rings. The SMILES string of the molecule is c1ccc2c(c1)Oc1ccccc1N2c1cccc2c(-c3cccc4ccccc34)c3c(N4c5ccccc5Oc5ccccc54)cccc3c(-c3cccc4ccccc34)c12. The van der Waals surface area contributed by atoms with Crippen molar-refractivity contribution in [3.63, 3.8) is 0 Å². The summed E-state index contributed by atoms with van der Waals surface area (Å²) in [4.78, 5) is 4.81. The van der Waals surface area contributed by atoms with E-state index in [1.165, 1.54) is 43.8 Å². The average Bonchev–Trinajstić information content (AvgIpc) is 3.33. The summed E-state index contributed by atoms with van der Waals surface area (Å²) in [6, 6.07) is 78.2. The lowest BCUT2D eigenvalue weighted by molar-refractivity contribution is 0.477. The van der Waals surface area contributed by atoms with Crippen molar-refractivity contribution in [3.05, 3.63) is 218 Å². The van der Waals surface area contributed by atoms with E-state index in [1.54, 1.807) is 0 Å². The summed E-state index contributed by atoms with van der Waals surface area (Å²) >= 11 is 0. The molecule has 2 aliphatic rings. The third-order valence-corrected chi connectivity index (χ3v) is 12.6. The van der Waals surface area contributed by atoms with E-state index in [0.717, 1.165) is 78.7 Å². The van der Waals surface area contributed by atoms with Crippen molar-refractivity contribution in [2.45, 2.75) is 0 Å². The van der Waals surface area contributed by atoms with Crippen LogP contribution in [0.3, 0.4) is 0 Å². The zero-order valence-electron chi connectivity index (χ0n) is 33.5. The number of nitrogens with zero attached hydrogens (tertiary/aromatic N) is 2. The molecule has 0 saturated heterocycles. The van der Waals surface area contributed by atoms with Gasteiger partial charge in [0.15, 0.2) is 23.0 Å². The van der Waals surface area contributed by atoms with Gasteiger partial charge in [-0.1, -0.05) is 158 Å². The van der Waals surface area contributed by atoms with Gasteiger partial charge >= 0.3 is 0 Å². The van der Waals surface area contributed by atoms with Gasteiger partial charge in [-0.3, -0.25) is 0 Å². The molecular weight excluding hydrogens is 757 g/mol. The van der Waals surface area contributed by atoms with Crippen molar-refractivity contribution in [2.24, 2.45) is 0 Å². The smallest absolute Gasteiger partial charge is 0.151 e. The van der Waals surface area contributed by atoms with Gasteiger partial charge in [0, 0.05) is 21.9 Å². The van der Waals surface area contributed by atoms with Crippen LogP contribution in [0.5, 0.6) is 23.0 Å². The van der Waals surface area contributed by atoms with Crippen LogP contribution in [0.1, 0.15) is 0 Å². The fraction of sp³-hybridized carbons (Fsp3) is 0. The summed E-state index contributed by atoms with van der Waals surface area (Å²) in [5.41, 5.74) is 10.8. The number of hydrogen-bond acceptors (Lipinski definition) is 4. The molecule has 0 saturated carbocycles. The Hall–Kier alpha value is -8.34. The minimum atomic E-state index is 0.817. The Labute approximate surface area is 358 Å². The highest BCUT2D eigenvalue weighted by atomic mass is 16.5. The number of ether oxygens (including phenoxy) is 2. The average molecular weight is 793 g/mol. The summed E-state index contributed by atoms with van der Waals surface area (Å²) in [5.74, 6) is 3.27. The third kappa shape index (κ3) is 5.07. The van der Waals surface area contributed by atoms with Crippen LogP contribution >= 0.6 is 0 Å². The molecule has 0 bridgehead atoms. The molecule has 4 nitrogen and oxygen atoms in total. The summed E-state index contributed by atoms with van der Waals surface area (Å²) in [6.45, 7) is 0. The van der Waals surface area contributed by atoms with Crippen LogP contribution in [0.2, 0.25) is 0 Å². The number of para-hydroxylation sites is 8. The predicted molar refractivity (Wildman–Crippen MR) is 257 cm³/mol. The summed E-state index contributed by atoms with van der Waals surface area (Å²) in [7, 11) is 0. The van der Waals surface area contributed by atoms with Gasteiger partial charge in [-0.25, -0.2) is 0 Å². The number of anilines is 6. The Bertz CT molecular complexity index is 3290. The van der Waals surface area contributed by atoms with Crippen molar-refractivity contribution >= 4 is 77.2 Å². The largest absolute Gasteiger partial charge is 0.453 e. The molecule has 290 valence electrons. The van der Waals surface area contributed by atoms with Crippen LogP contribution in [0.15, 0.2) is 218 Å². The van der Waals surface area contributed by atoms with Gasteiger partial charge < -0.3 is 19.3 Å². The molecule has 2 heterocycles. The second-order valence-corrected chi connectivity index (χ2v) is 15.9. The molecule has 0 fully saturated rings. The summed E-state index contributed by atoms with van der Waals surface area (Å²) < 4.78 is 13.2. The molecule has 0 atom stereocenters. The fourth-order valence-electron chi connectivity index (χ4n) is 10.0. The molecule has 2 aliphatic heterocycles. The molecule has 0 amide bonds. The standard InChI is InChI=1S/C58H36N2O2/c1-3-21-39-37(17-1)19-13-23-41(39)55-43-25-15-32-50(60-47-29-7-11-35-53(47)62-54-36-12-8-30-48(54)60)58(43)56(42-24-14-20-38-18-2-4-22-40(38)42)44-26-16-31-49(57(44)55)59-45-27-5-9-33-51(45)61-52-34-10-6-28-46(52)59/h1-36H. The van der Waals surface area contributed by atoms with Crippen molar-refractivity contribution in [3.8, 4) is 45.3 Å². The van der Waals surface area contributed by atoms with Crippen LogP contribution in [-0.2, 0) is 0 Å². The Morgan fingerprint density at radius 3 is 0.935 bits per heavy atom. The minimum absolute atomic E-state index is 0.817. The second kappa shape index (κ2) is 13.6. The lowest BCUT2D eigenvalue weighted by Crippen LogP contribution is -2.17. The van der Waals surface area contributed by atoms with Crippen LogP contribution < -0.4 is 19.3 Å². The van der Waals surface area contributed by atoms with Gasteiger partial charge in [0.2, 0.25) is 0 Å². The van der Waals surface area contributed by atoms with Gasteiger partial charge in [0.05, 0.1) is 34.1 Å². The van der Waals surface area contributed by atoms with Crippen LogP contribution in [0.25, 0.3) is 65.3 Å². The number of fused-ring (bicyclic) bond motifs is 8. The predicted octanol–water partition coefficient (Wildman–Crippen LogP) is 16.8. The zero-order valence-corrected chi connectivity index (χ0v) is 33.5. The summed E-state index contributed by atoms with van der Waals surface area (Å²) in [6.07, 6.45) is 0. The quantitative estimate of drug-likeness (QED) is 0.166. The summed E-state index contributed by atoms with van der Waals surface area (Å²) in [5, 5.41) is 9.39. The van der Waals surface area contributed by atoms with Gasteiger partial charge in [0.25, 0.3) is 0 Å². The highest BCUT2D eigenvalue weighted by Crippen LogP contribution is 2.58. The van der Waals surface area contributed by atoms with E-state index < -0.39 is 0 Å². The molecule has 0 aromatic heterocycles. The van der Waals surface area contributed by atoms with E-state index in [1.807, 2.05) is 24.3 Å². The van der Waals surface area contributed by atoms with Gasteiger partial charge in [-0.15, -0.1) is 0 Å². The van der Waals surface area contributed by atoms with E-state index in [0.29, 0.717) is 0 Å². The molecule has 0 spiro atoms. The first-order chi connectivity index (χ1) is 30.8. The van der Waals surface area contributed by atoms with Crippen LogP contribution in [0.4, 0.5) is 34.1 Å². The van der Waals surface area contributed by atoms with Gasteiger partial charge in [-0.05, 0) is 104 Å². The Morgan fingerprint density at radius 2 is 0.532 bits per heavy atom. The second-order valence-electron chi connectivity index (χ2n) is 15.9. The Morgan fingerprint density at radius 1 is 0.242 bits per heavy atom. The lowest BCUT2D eigenvalue weighted by Gasteiger charge is -2.36. The number of rotatable bonds is 4. The highest BCUT2D eigenvalue weighted by Gasteiger charge is 2.32. The molecule has 0 aliphatic carbocycles. The molecule has 62 heavy (non-hydrogen) atoms. The zero-order chi connectivity index (χ0) is 40.7. The molecule has 0 N–H and O–H groups in total. The first-order valence-electron chi connectivity index (χ1n) is 21.1.